The van der Waals surface area contributed by atoms with Crippen molar-refractivity contribution in [3.63, 3.8) is 0 Å². The summed E-state index contributed by atoms with van der Waals surface area (Å²) in [6.07, 6.45) is 0. The Bertz CT molecular complexity index is 393. The van der Waals surface area contributed by atoms with E-state index in [9.17, 15) is 4.79 Å². The van der Waals surface area contributed by atoms with Crippen LogP contribution in [0.3, 0.4) is 0 Å². The van der Waals surface area contributed by atoms with E-state index in [4.69, 9.17) is 4.74 Å². The zero-order valence-corrected chi connectivity index (χ0v) is 11.8. The molecule has 0 unspecified atom stereocenters. The molecule has 0 aliphatic carbocycles. The van der Waals surface area contributed by atoms with Crippen molar-refractivity contribution in [1.29, 1.82) is 0 Å². The van der Waals surface area contributed by atoms with Crippen LogP contribution in [0, 0.1) is 0 Å². The third kappa shape index (κ3) is 3.67. The Morgan fingerprint density at radius 2 is 2.56 bits per heavy atom. The Labute approximate surface area is 109 Å². The van der Waals surface area contributed by atoms with E-state index in [1.165, 1.54) is 9.12 Å². The molecule has 1 rings (SSSR count). The smallest absolute Gasteiger partial charge is 0.356 e. The molecule has 0 aliphatic heterocycles. The van der Waals surface area contributed by atoms with Crippen molar-refractivity contribution in [2.45, 2.75) is 13.8 Å². The van der Waals surface area contributed by atoms with Gasteiger partial charge < -0.3 is 4.74 Å². The van der Waals surface area contributed by atoms with E-state index in [-0.39, 0.29) is 0 Å². The van der Waals surface area contributed by atoms with Gasteiger partial charge in [-0.3, -0.25) is 5.10 Å². The van der Waals surface area contributed by atoms with Gasteiger partial charge in [-0.15, -0.1) is 0 Å². The normalized spacial score (nSPS) is 11.3. The van der Waals surface area contributed by atoms with Gasteiger partial charge >= 0.3 is 5.97 Å². The van der Waals surface area contributed by atoms with Crippen LogP contribution in [0.5, 0.6) is 0 Å². The van der Waals surface area contributed by atoms with Gasteiger partial charge in [-0.05, 0) is 19.9 Å². The van der Waals surface area contributed by atoms with Crippen LogP contribution in [0.4, 0.5) is 0 Å². The van der Waals surface area contributed by atoms with Gasteiger partial charge in [0.15, 0.2) is 0 Å². The number of rotatable bonds is 5. The van der Waals surface area contributed by atoms with Crippen molar-refractivity contribution in [3.05, 3.63) is 17.5 Å². The Hall–Kier alpha value is -0.770. The van der Waals surface area contributed by atoms with Gasteiger partial charge in [-0.25, -0.2) is 9.63 Å². The fourth-order valence-electron chi connectivity index (χ4n) is 0.963. The highest BCUT2D eigenvalue weighted by molar-refractivity contribution is 14.2. The quantitative estimate of drug-likeness (QED) is 0.278. The summed E-state index contributed by atoms with van der Waals surface area (Å²) in [7, 11) is 1.35. The van der Waals surface area contributed by atoms with Crippen molar-refractivity contribution in [2.24, 2.45) is 5.10 Å². The number of ether oxygens (including phenoxy) is 1. The van der Waals surface area contributed by atoms with Crippen molar-refractivity contribution >= 4 is 42.0 Å². The molecule has 16 heavy (non-hydrogen) atoms. The molecule has 0 spiro atoms. The topological polar surface area (TPSA) is 79.4 Å². The first kappa shape index (κ1) is 13.3. The van der Waals surface area contributed by atoms with E-state index in [0.717, 1.165) is 0 Å². The number of aromatic amines is 1. The largest absolute Gasteiger partial charge is 0.461 e. The molecule has 6 nitrogen and oxygen atoms in total. The molecule has 0 aliphatic rings. The van der Waals surface area contributed by atoms with Gasteiger partial charge in [-0.1, -0.05) is 0 Å². The highest BCUT2D eigenvalue weighted by Crippen LogP contribution is 2.06. The standard InChI is InChI=1S/C8H11IN4O2S/c1-3-15-8(14)7-4-6(11-12-7)5(2)10-13-16-9/h4,13H,3H2,1-2H3,(H,11,12)/b10-5-. The molecule has 1 aromatic rings. The highest BCUT2D eigenvalue weighted by atomic mass is 127. The number of esters is 1. The van der Waals surface area contributed by atoms with Crippen LogP contribution < -0.4 is 4.83 Å². The molecule has 8 heteroatoms. The van der Waals surface area contributed by atoms with Gasteiger partial charge in [0, 0.05) is 30.3 Å². The van der Waals surface area contributed by atoms with E-state index in [2.05, 4.69) is 41.3 Å². The number of hydrogen-bond donors (Lipinski definition) is 2. The third-order valence-electron chi connectivity index (χ3n) is 1.69. The molecule has 0 saturated carbocycles. The lowest BCUT2D eigenvalue weighted by Gasteiger charge is -1.96. The minimum Gasteiger partial charge on any atom is -0.461 e. The van der Waals surface area contributed by atoms with Gasteiger partial charge in [0.05, 0.1) is 12.3 Å². The number of H-pyrrole nitrogens is 1. The summed E-state index contributed by atoms with van der Waals surface area (Å²) < 4.78 is 4.83. The van der Waals surface area contributed by atoms with Crippen molar-refractivity contribution < 1.29 is 9.53 Å². The van der Waals surface area contributed by atoms with Crippen molar-refractivity contribution in [1.82, 2.24) is 15.0 Å². The predicted octanol–water partition coefficient (Wildman–Crippen LogP) is 1.90. The fourth-order valence-corrected chi connectivity index (χ4v) is 1.43. The molecule has 2 N–H and O–H groups in total. The summed E-state index contributed by atoms with van der Waals surface area (Å²) >= 11 is 2.06. The lowest BCUT2D eigenvalue weighted by molar-refractivity contribution is 0.0519. The lowest BCUT2D eigenvalue weighted by atomic mass is 10.3. The van der Waals surface area contributed by atoms with Crippen LogP contribution >= 0.6 is 30.3 Å². The highest BCUT2D eigenvalue weighted by Gasteiger charge is 2.11. The first-order chi connectivity index (χ1) is 7.69. The fraction of sp³-hybridized carbons (Fsp3) is 0.375. The van der Waals surface area contributed by atoms with Crippen LogP contribution in [0.15, 0.2) is 11.2 Å². The van der Waals surface area contributed by atoms with E-state index in [1.807, 2.05) is 0 Å². The number of halogens is 1. The Morgan fingerprint density at radius 1 is 1.81 bits per heavy atom. The number of aromatic nitrogens is 2. The first-order valence-corrected chi connectivity index (χ1v) is 7.84. The summed E-state index contributed by atoms with van der Waals surface area (Å²) in [5.41, 5.74) is 1.63. The molecule has 0 amide bonds. The average Bonchev–Trinajstić information content (AvgIpc) is 2.75. The summed E-state index contributed by atoms with van der Waals surface area (Å²) in [5, 5.41) is 10.6. The Morgan fingerprint density at radius 3 is 3.19 bits per heavy atom. The van der Waals surface area contributed by atoms with E-state index in [0.29, 0.717) is 23.7 Å². The SMILES string of the molecule is CCOC(=O)c1cc(/C(C)=N\NSI)n[nH]1. The number of hydrogen-bond acceptors (Lipinski definition) is 6. The zero-order valence-electron chi connectivity index (χ0n) is 8.78. The monoisotopic (exact) mass is 354 g/mol. The van der Waals surface area contributed by atoms with Crippen LogP contribution in [0.2, 0.25) is 0 Å². The molecule has 0 radical (unpaired) electrons. The molecule has 1 heterocycles. The lowest BCUT2D eigenvalue weighted by Crippen LogP contribution is -2.04. The second kappa shape index (κ2) is 6.74. The Kier molecular flexibility index (Phi) is 5.60. The van der Waals surface area contributed by atoms with Gasteiger partial charge in [0.2, 0.25) is 0 Å². The molecule has 88 valence electrons. The van der Waals surface area contributed by atoms with Crippen molar-refractivity contribution in [2.75, 3.05) is 6.61 Å². The summed E-state index contributed by atoms with van der Waals surface area (Å²) in [6.45, 7) is 3.89. The number of nitrogens with one attached hydrogen (secondary N) is 2. The Balaban J connectivity index is 2.74. The summed E-state index contributed by atoms with van der Waals surface area (Å²) in [5.74, 6) is -0.412. The van der Waals surface area contributed by atoms with Crippen LogP contribution in [-0.4, -0.2) is 28.5 Å². The summed E-state index contributed by atoms with van der Waals surface area (Å²) in [6, 6.07) is 1.61. The second-order valence-corrected chi connectivity index (χ2v) is 4.41. The van der Waals surface area contributed by atoms with Gasteiger partial charge in [0.25, 0.3) is 0 Å². The number of carbonyl (C=O) groups excluding carboxylic acids is 1. The van der Waals surface area contributed by atoms with Gasteiger partial charge in [0.1, 0.15) is 11.4 Å². The average molecular weight is 354 g/mol. The first-order valence-electron chi connectivity index (χ1n) is 4.48. The van der Waals surface area contributed by atoms with E-state index >= 15 is 0 Å². The molecule has 0 fully saturated rings. The van der Waals surface area contributed by atoms with E-state index < -0.39 is 5.97 Å². The zero-order chi connectivity index (χ0) is 12.0. The molecule has 0 aromatic carbocycles. The molecule has 1 aromatic heterocycles. The molecular formula is C8H11IN4O2S. The third-order valence-corrected chi connectivity index (χ3v) is 2.44. The van der Waals surface area contributed by atoms with Crippen LogP contribution in [-0.2, 0) is 4.74 Å². The van der Waals surface area contributed by atoms with Crippen LogP contribution in [0.1, 0.15) is 30.0 Å². The predicted molar refractivity (Wildman–Crippen MR) is 71.5 cm³/mol. The molecule has 0 bridgehead atoms. The molecule has 0 saturated heterocycles. The van der Waals surface area contributed by atoms with Gasteiger partial charge in [-0.2, -0.15) is 10.2 Å². The second-order valence-electron chi connectivity index (χ2n) is 2.75. The minimum atomic E-state index is -0.412. The maximum atomic E-state index is 11.3. The minimum absolute atomic E-state index is 0.327. The number of nitrogens with zero attached hydrogens (tertiary/aromatic N) is 2. The molecular weight excluding hydrogens is 343 g/mol. The maximum Gasteiger partial charge on any atom is 0.356 e. The summed E-state index contributed by atoms with van der Waals surface area (Å²) in [4.78, 5) is 14.1. The van der Waals surface area contributed by atoms with Crippen LogP contribution in [0.25, 0.3) is 0 Å². The number of hydrazone groups is 1. The maximum absolute atomic E-state index is 11.3. The number of carbonyl (C=O) groups is 1. The molecule has 0 atom stereocenters. The van der Waals surface area contributed by atoms with Crippen molar-refractivity contribution in [3.8, 4) is 0 Å². The van der Waals surface area contributed by atoms with E-state index in [1.54, 1.807) is 19.9 Å².